The first kappa shape index (κ1) is 15.2. The van der Waals surface area contributed by atoms with Gasteiger partial charge in [0.15, 0.2) is 0 Å². The molecule has 5 nitrogen and oxygen atoms in total. The predicted molar refractivity (Wildman–Crippen MR) is 90.5 cm³/mol. The largest absolute Gasteiger partial charge is 0.497 e. The number of nitrogens with zero attached hydrogens (tertiary/aromatic N) is 1. The Bertz CT molecular complexity index is 698. The van der Waals surface area contributed by atoms with Crippen LogP contribution in [0.1, 0.15) is 5.56 Å². The van der Waals surface area contributed by atoms with Gasteiger partial charge in [0.1, 0.15) is 18.1 Å². The SMILES string of the molecule is COc1ccc(OCCN2C(=O)CNc3cc(C)ccc32)cc1. The Hall–Kier alpha value is -2.69. The van der Waals surface area contributed by atoms with Gasteiger partial charge < -0.3 is 19.7 Å². The molecule has 2 aromatic rings. The van der Waals surface area contributed by atoms with Crippen LogP contribution in [0.25, 0.3) is 0 Å². The summed E-state index contributed by atoms with van der Waals surface area (Å²) in [4.78, 5) is 13.9. The summed E-state index contributed by atoms with van der Waals surface area (Å²) in [6, 6.07) is 13.5. The van der Waals surface area contributed by atoms with Crippen molar-refractivity contribution in [1.29, 1.82) is 0 Å². The molecule has 0 saturated heterocycles. The van der Waals surface area contributed by atoms with E-state index in [-0.39, 0.29) is 5.91 Å². The van der Waals surface area contributed by atoms with Crippen molar-refractivity contribution >= 4 is 17.3 Å². The van der Waals surface area contributed by atoms with Crippen molar-refractivity contribution in [2.45, 2.75) is 6.92 Å². The first-order valence-electron chi connectivity index (χ1n) is 7.59. The lowest BCUT2D eigenvalue weighted by molar-refractivity contribution is -0.117. The highest BCUT2D eigenvalue weighted by Crippen LogP contribution is 2.30. The quantitative estimate of drug-likeness (QED) is 0.922. The molecule has 5 heteroatoms. The van der Waals surface area contributed by atoms with Crippen LogP contribution in [0.3, 0.4) is 0 Å². The van der Waals surface area contributed by atoms with E-state index in [1.807, 2.05) is 43.3 Å². The van der Waals surface area contributed by atoms with Crippen LogP contribution in [-0.2, 0) is 4.79 Å². The second-order valence-corrected chi connectivity index (χ2v) is 5.44. The van der Waals surface area contributed by atoms with Crippen LogP contribution in [0.5, 0.6) is 11.5 Å². The summed E-state index contributed by atoms with van der Waals surface area (Å²) in [5.74, 6) is 1.61. The molecule has 0 saturated carbocycles. The zero-order valence-electron chi connectivity index (χ0n) is 13.3. The fourth-order valence-corrected chi connectivity index (χ4v) is 2.60. The van der Waals surface area contributed by atoms with E-state index >= 15 is 0 Å². The topological polar surface area (TPSA) is 50.8 Å². The van der Waals surface area contributed by atoms with Crippen molar-refractivity contribution in [3.8, 4) is 11.5 Å². The highest BCUT2D eigenvalue weighted by molar-refractivity contribution is 6.02. The summed E-state index contributed by atoms with van der Waals surface area (Å²) in [6.07, 6.45) is 0. The Morgan fingerprint density at radius 1 is 1.13 bits per heavy atom. The van der Waals surface area contributed by atoms with Gasteiger partial charge in [-0.25, -0.2) is 0 Å². The number of hydrogen-bond donors (Lipinski definition) is 1. The monoisotopic (exact) mass is 312 g/mol. The fraction of sp³-hybridized carbons (Fsp3) is 0.278. The lowest BCUT2D eigenvalue weighted by Gasteiger charge is -2.30. The van der Waals surface area contributed by atoms with E-state index in [0.29, 0.717) is 19.7 Å². The van der Waals surface area contributed by atoms with Gasteiger partial charge in [-0.1, -0.05) is 6.07 Å². The molecule has 0 unspecified atom stereocenters. The van der Waals surface area contributed by atoms with Gasteiger partial charge >= 0.3 is 0 Å². The Morgan fingerprint density at radius 2 is 1.87 bits per heavy atom. The van der Waals surface area contributed by atoms with E-state index < -0.39 is 0 Å². The minimum atomic E-state index is 0.0553. The number of carbonyl (C=O) groups is 1. The van der Waals surface area contributed by atoms with E-state index in [0.717, 1.165) is 22.9 Å². The number of carbonyl (C=O) groups excluding carboxylic acids is 1. The third-order valence-corrected chi connectivity index (χ3v) is 3.82. The van der Waals surface area contributed by atoms with Gasteiger partial charge in [-0.15, -0.1) is 0 Å². The van der Waals surface area contributed by atoms with Crippen LogP contribution in [0, 0.1) is 6.92 Å². The van der Waals surface area contributed by atoms with Crippen LogP contribution in [0.15, 0.2) is 42.5 Å². The zero-order chi connectivity index (χ0) is 16.2. The van der Waals surface area contributed by atoms with E-state index in [4.69, 9.17) is 9.47 Å². The van der Waals surface area contributed by atoms with Crippen LogP contribution in [0.4, 0.5) is 11.4 Å². The molecule has 120 valence electrons. The van der Waals surface area contributed by atoms with Gasteiger partial charge in [0, 0.05) is 0 Å². The normalized spacial score (nSPS) is 13.3. The fourth-order valence-electron chi connectivity index (χ4n) is 2.60. The third kappa shape index (κ3) is 3.39. The Labute approximate surface area is 135 Å². The molecule has 0 atom stereocenters. The van der Waals surface area contributed by atoms with Gasteiger partial charge in [0.25, 0.3) is 0 Å². The minimum Gasteiger partial charge on any atom is -0.497 e. The van der Waals surface area contributed by atoms with E-state index in [9.17, 15) is 4.79 Å². The molecule has 0 spiro atoms. The lowest BCUT2D eigenvalue weighted by Crippen LogP contribution is -2.42. The number of hydrogen-bond acceptors (Lipinski definition) is 4. The van der Waals surface area contributed by atoms with Gasteiger partial charge in [-0.05, 0) is 48.9 Å². The Morgan fingerprint density at radius 3 is 2.61 bits per heavy atom. The summed E-state index contributed by atoms with van der Waals surface area (Å²) in [5.41, 5.74) is 3.07. The summed E-state index contributed by atoms with van der Waals surface area (Å²) in [7, 11) is 1.63. The van der Waals surface area contributed by atoms with Crippen LogP contribution >= 0.6 is 0 Å². The minimum absolute atomic E-state index is 0.0553. The van der Waals surface area contributed by atoms with Gasteiger partial charge in [-0.2, -0.15) is 0 Å². The maximum Gasteiger partial charge on any atom is 0.246 e. The van der Waals surface area contributed by atoms with Crippen LogP contribution in [-0.4, -0.2) is 32.7 Å². The average molecular weight is 312 g/mol. The number of fused-ring (bicyclic) bond motifs is 1. The molecule has 1 aliphatic heterocycles. The molecule has 0 fully saturated rings. The maximum atomic E-state index is 12.2. The first-order valence-corrected chi connectivity index (χ1v) is 7.59. The van der Waals surface area contributed by atoms with Gasteiger partial charge in [0.05, 0.1) is 31.6 Å². The molecule has 2 aromatic carbocycles. The number of rotatable bonds is 5. The molecular weight excluding hydrogens is 292 g/mol. The number of methoxy groups -OCH3 is 1. The summed E-state index contributed by atoms with van der Waals surface area (Å²) >= 11 is 0. The Balaban J connectivity index is 1.64. The first-order chi connectivity index (χ1) is 11.2. The number of nitrogens with one attached hydrogen (secondary N) is 1. The predicted octanol–water partition coefficient (Wildman–Crippen LogP) is 2.84. The smallest absolute Gasteiger partial charge is 0.246 e. The van der Waals surface area contributed by atoms with Crippen molar-refractivity contribution < 1.29 is 14.3 Å². The van der Waals surface area contributed by atoms with Gasteiger partial charge in [0.2, 0.25) is 5.91 Å². The summed E-state index contributed by atoms with van der Waals surface area (Å²) in [6.45, 7) is 3.31. The van der Waals surface area contributed by atoms with E-state index in [1.54, 1.807) is 12.0 Å². The molecule has 1 heterocycles. The molecule has 0 bridgehead atoms. The number of benzene rings is 2. The molecule has 23 heavy (non-hydrogen) atoms. The second kappa shape index (κ2) is 6.60. The van der Waals surface area contributed by atoms with E-state index in [1.165, 1.54) is 5.56 Å². The number of ether oxygens (including phenoxy) is 2. The lowest BCUT2D eigenvalue weighted by atomic mass is 10.1. The van der Waals surface area contributed by atoms with Crippen molar-refractivity contribution in [2.75, 3.05) is 37.0 Å². The van der Waals surface area contributed by atoms with Crippen LogP contribution < -0.4 is 19.7 Å². The second-order valence-electron chi connectivity index (χ2n) is 5.44. The number of aryl methyl sites for hydroxylation is 1. The molecule has 0 aromatic heterocycles. The highest BCUT2D eigenvalue weighted by atomic mass is 16.5. The molecule has 1 amide bonds. The average Bonchev–Trinajstić information content (AvgIpc) is 2.57. The maximum absolute atomic E-state index is 12.2. The van der Waals surface area contributed by atoms with Crippen molar-refractivity contribution in [2.24, 2.45) is 0 Å². The molecule has 0 radical (unpaired) electrons. The van der Waals surface area contributed by atoms with Crippen molar-refractivity contribution in [1.82, 2.24) is 0 Å². The molecule has 1 N–H and O–H groups in total. The van der Waals surface area contributed by atoms with Crippen LogP contribution in [0.2, 0.25) is 0 Å². The highest BCUT2D eigenvalue weighted by Gasteiger charge is 2.23. The summed E-state index contributed by atoms with van der Waals surface area (Å²) < 4.78 is 10.8. The number of anilines is 2. The summed E-state index contributed by atoms with van der Waals surface area (Å²) in [5, 5.41) is 3.16. The molecule has 1 aliphatic rings. The van der Waals surface area contributed by atoms with E-state index in [2.05, 4.69) is 11.4 Å². The van der Waals surface area contributed by atoms with Crippen molar-refractivity contribution in [3.63, 3.8) is 0 Å². The van der Waals surface area contributed by atoms with Gasteiger partial charge in [-0.3, -0.25) is 4.79 Å². The van der Waals surface area contributed by atoms with Crippen molar-refractivity contribution in [3.05, 3.63) is 48.0 Å². The number of amides is 1. The zero-order valence-corrected chi connectivity index (χ0v) is 13.3. The Kier molecular flexibility index (Phi) is 4.37. The molecular formula is C18H20N2O3. The molecule has 3 rings (SSSR count). The third-order valence-electron chi connectivity index (χ3n) is 3.82. The standard InChI is InChI=1S/C18H20N2O3/c1-13-3-8-17-16(11-13)19-12-18(21)20(17)9-10-23-15-6-4-14(22-2)5-7-15/h3-8,11,19H,9-10,12H2,1-2H3. The molecule has 0 aliphatic carbocycles.